The van der Waals surface area contributed by atoms with Crippen molar-refractivity contribution in [3.8, 4) is 11.3 Å². The zero-order valence-electron chi connectivity index (χ0n) is 14.0. The second-order valence-corrected chi connectivity index (χ2v) is 8.41. The van der Waals surface area contributed by atoms with E-state index in [2.05, 4.69) is 21.2 Å². The number of halogens is 1. The number of hydrogen-bond acceptors (Lipinski definition) is 5. The number of carbonyl (C=O) groups is 1. The van der Waals surface area contributed by atoms with E-state index in [0.717, 1.165) is 35.5 Å². The normalized spacial score (nSPS) is 25.6. The van der Waals surface area contributed by atoms with Crippen molar-refractivity contribution in [2.45, 2.75) is 32.2 Å². The van der Waals surface area contributed by atoms with Gasteiger partial charge in [0.2, 0.25) is 5.91 Å². The van der Waals surface area contributed by atoms with Gasteiger partial charge in [0.1, 0.15) is 0 Å². The molecular formula is C18H21ClN4OS. The third-order valence-corrected chi connectivity index (χ3v) is 6.28. The van der Waals surface area contributed by atoms with E-state index in [0.29, 0.717) is 16.1 Å². The predicted molar refractivity (Wildman–Crippen MR) is 102 cm³/mol. The van der Waals surface area contributed by atoms with Crippen molar-refractivity contribution >= 4 is 34.0 Å². The molecule has 1 aliphatic carbocycles. The molecule has 2 aromatic rings. The van der Waals surface area contributed by atoms with Gasteiger partial charge in [0.15, 0.2) is 5.13 Å². The van der Waals surface area contributed by atoms with Crippen molar-refractivity contribution in [2.24, 2.45) is 11.8 Å². The van der Waals surface area contributed by atoms with Gasteiger partial charge in [0.05, 0.1) is 11.6 Å². The maximum atomic E-state index is 12.8. The maximum Gasteiger partial charge on any atom is 0.230 e. The summed E-state index contributed by atoms with van der Waals surface area (Å²) in [6.45, 7) is 2.97. The van der Waals surface area contributed by atoms with Crippen LogP contribution in [-0.2, 0) is 4.79 Å². The fourth-order valence-electron chi connectivity index (χ4n) is 3.86. The number of anilines is 1. The summed E-state index contributed by atoms with van der Waals surface area (Å²) in [5, 5.41) is 4.41. The highest BCUT2D eigenvalue weighted by molar-refractivity contribution is 7.16. The van der Waals surface area contributed by atoms with Crippen molar-refractivity contribution in [2.75, 3.05) is 11.9 Å². The second kappa shape index (κ2) is 7.03. The van der Waals surface area contributed by atoms with Crippen LogP contribution >= 0.6 is 22.9 Å². The Morgan fingerprint density at radius 2 is 2.12 bits per heavy atom. The summed E-state index contributed by atoms with van der Waals surface area (Å²) < 4.78 is 0. The number of rotatable bonds is 3. The summed E-state index contributed by atoms with van der Waals surface area (Å²) in [5.74, 6) is 0.617. The number of thiazole rings is 1. The first-order valence-corrected chi connectivity index (χ1v) is 9.84. The zero-order valence-corrected chi connectivity index (χ0v) is 15.6. The van der Waals surface area contributed by atoms with Crippen LogP contribution in [0.3, 0.4) is 0 Å². The van der Waals surface area contributed by atoms with Crippen LogP contribution in [0.2, 0.25) is 5.02 Å². The lowest BCUT2D eigenvalue weighted by molar-refractivity contribution is -0.121. The highest BCUT2D eigenvalue weighted by Gasteiger charge is 2.40. The Kier molecular flexibility index (Phi) is 4.78. The lowest BCUT2D eigenvalue weighted by Crippen LogP contribution is -2.45. The Labute approximate surface area is 156 Å². The number of amides is 1. The minimum atomic E-state index is -0.00284. The predicted octanol–water partition coefficient (Wildman–Crippen LogP) is 3.60. The van der Waals surface area contributed by atoms with Crippen molar-refractivity contribution < 1.29 is 4.79 Å². The van der Waals surface area contributed by atoms with Crippen molar-refractivity contribution in [3.05, 3.63) is 34.2 Å². The molecule has 132 valence electrons. The van der Waals surface area contributed by atoms with E-state index >= 15 is 0 Å². The fourth-order valence-corrected chi connectivity index (χ4v) is 4.83. The number of aromatic nitrogens is 1. The van der Waals surface area contributed by atoms with E-state index in [-0.39, 0.29) is 17.9 Å². The molecule has 2 heterocycles. The molecule has 1 aliphatic heterocycles. The molecule has 0 bridgehead atoms. The molecule has 4 rings (SSSR count). The SMILES string of the molecule is Cc1sc(NC(=O)C2CCCC3CNNC32)nc1-c1ccc(Cl)cc1. The third-order valence-electron chi connectivity index (χ3n) is 5.15. The van der Waals surface area contributed by atoms with Gasteiger partial charge in [0, 0.05) is 28.0 Å². The van der Waals surface area contributed by atoms with Gasteiger partial charge in [-0.05, 0) is 37.8 Å². The molecular weight excluding hydrogens is 356 g/mol. The number of hydrogen-bond donors (Lipinski definition) is 3. The average molecular weight is 377 g/mol. The van der Waals surface area contributed by atoms with Gasteiger partial charge in [0.25, 0.3) is 0 Å². The average Bonchev–Trinajstić information content (AvgIpc) is 3.21. The molecule has 1 aromatic carbocycles. The Morgan fingerprint density at radius 3 is 2.92 bits per heavy atom. The van der Waals surface area contributed by atoms with Crippen LogP contribution in [0, 0.1) is 18.8 Å². The summed E-state index contributed by atoms with van der Waals surface area (Å²) in [5.41, 5.74) is 8.40. The van der Waals surface area contributed by atoms with Gasteiger partial charge in [-0.2, -0.15) is 0 Å². The Bertz CT molecular complexity index is 776. The van der Waals surface area contributed by atoms with E-state index in [4.69, 9.17) is 11.6 Å². The number of carbonyl (C=O) groups excluding carboxylic acids is 1. The number of hydrazine groups is 1. The highest BCUT2D eigenvalue weighted by Crippen LogP contribution is 2.34. The number of nitrogens with zero attached hydrogens (tertiary/aromatic N) is 1. The quantitative estimate of drug-likeness (QED) is 0.765. The van der Waals surface area contributed by atoms with Crippen molar-refractivity contribution in [3.63, 3.8) is 0 Å². The summed E-state index contributed by atoms with van der Waals surface area (Å²) in [6, 6.07) is 7.85. The Balaban J connectivity index is 1.50. The lowest BCUT2D eigenvalue weighted by atomic mass is 9.77. The van der Waals surface area contributed by atoms with Crippen LogP contribution in [-0.4, -0.2) is 23.5 Å². The standard InChI is InChI=1S/C18H21ClN4OS/c1-10-15(11-5-7-13(19)8-6-11)21-18(25-10)22-17(24)14-4-2-3-12-9-20-23-16(12)14/h5-8,12,14,16,20,23H,2-4,9H2,1H3,(H,21,22,24). The first kappa shape index (κ1) is 17.0. The number of fused-ring (bicyclic) bond motifs is 1. The lowest BCUT2D eigenvalue weighted by Gasteiger charge is -2.31. The highest BCUT2D eigenvalue weighted by atomic mass is 35.5. The molecule has 3 atom stereocenters. The van der Waals surface area contributed by atoms with Crippen molar-refractivity contribution in [1.82, 2.24) is 15.8 Å². The minimum absolute atomic E-state index is 0.00284. The second-order valence-electron chi connectivity index (χ2n) is 6.77. The molecule has 1 aromatic heterocycles. The minimum Gasteiger partial charge on any atom is -0.302 e. The molecule has 2 fully saturated rings. The molecule has 3 unspecified atom stereocenters. The molecule has 7 heteroatoms. The molecule has 0 spiro atoms. The Morgan fingerprint density at radius 1 is 1.32 bits per heavy atom. The maximum absolute atomic E-state index is 12.8. The molecule has 1 amide bonds. The van der Waals surface area contributed by atoms with Gasteiger partial charge >= 0.3 is 0 Å². The van der Waals surface area contributed by atoms with Crippen LogP contribution in [0.1, 0.15) is 24.1 Å². The topological polar surface area (TPSA) is 66.1 Å². The molecule has 25 heavy (non-hydrogen) atoms. The van der Waals surface area contributed by atoms with Crippen LogP contribution in [0.25, 0.3) is 11.3 Å². The van der Waals surface area contributed by atoms with Gasteiger partial charge in [-0.3, -0.25) is 15.6 Å². The van der Waals surface area contributed by atoms with E-state index in [1.165, 1.54) is 17.8 Å². The number of aryl methyl sites for hydroxylation is 1. The summed E-state index contributed by atoms with van der Waals surface area (Å²) in [4.78, 5) is 18.5. The smallest absolute Gasteiger partial charge is 0.230 e. The number of benzene rings is 1. The van der Waals surface area contributed by atoms with E-state index < -0.39 is 0 Å². The first-order chi connectivity index (χ1) is 12.1. The Hall–Kier alpha value is -1.47. The molecule has 1 saturated heterocycles. The first-order valence-electron chi connectivity index (χ1n) is 8.64. The molecule has 3 N–H and O–H groups in total. The van der Waals surface area contributed by atoms with Crippen LogP contribution in [0.4, 0.5) is 5.13 Å². The number of nitrogens with one attached hydrogen (secondary N) is 3. The van der Waals surface area contributed by atoms with E-state index in [1.807, 2.05) is 31.2 Å². The monoisotopic (exact) mass is 376 g/mol. The molecule has 5 nitrogen and oxygen atoms in total. The summed E-state index contributed by atoms with van der Waals surface area (Å²) in [6.07, 6.45) is 3.22. The largest absolute Gasteiger partial charge is 0.302 e. The van der Waals surface area contributed by atoms with Gasteiger partial charge in [-0.15, -0.1) is 11.3 Å². The summed E-state index contributed by atoms with van der Waals surface area (Å²) in [7, 11) is 0. The van der Waals surface area contributed by atoms with Gasteiger partial charge in [-0.1, -0.05) is 30.2 Å². The zero-order chi connectivity index (χ0) is 17.4. The van der Waals surface area contributed by atoms with Crippen LogP contribution in [0.15, 0.2) is 24.3 Å². The van der Waals surface area contributed by atoms with E-state index in [9.17, 15) is 4.79 Å². The summed E-state index contributed by atoms with van der Waals surface area (Å²) >= 11 is 7.48. The van der Waals surface area contributed by atoms with E-state index in [1.54, 1.807) is 0 Å². The van der Waals surface area contributed by atoms with Gasteiger partial charge < -0.3 is 5.32 Å². The molecule has 2 aliphatic rings. The molecule has 0 radical (unpaired) electrons. The third kappa shape index (κ3) is 3.44. The van der Waals surface area contributed by atoms with Crippen molar-refractivity contribution in [1.29, 1.82) is 0 Å². The van der Waals surface area contributed by atoms with Crippen LogP contribution < -0.4 is 16.2 Å². The van der Waals surface area contributed by atoms with Crippen LogP contribution in [0.5, 0.6) is 0 Å². The van der Waals surface area contributed by atoms with Gasteiger partial charge in [-0.25, -0.2) is 4.98 Å². The molecule has 1 saturated carbocycles. The fraction of sp³-hybridized carbons (Fsp3) is 0.444.